The summed E-state index contributed by atoms with van der Waals surface area (Å²) in [5.74, 6) is 0.825. The molecule has 66 valence electrons. The van der Waals surface area contributed by atoms with Gasteiger partial charge in [-0.3, -0.25) is 0 Å². The monoisotopic (exact) mass is 170 g/mol. The molecular weight excluding hydrogens is 156 g/mol. The molecule has 0 heterocycles. The van der Waals surface area contributed by atoms with E-state index in [4.69, 9.17) is 0 Å². The van der Waals surface area contributed by atoms with Crippen molar-refractivity contribution in [1.29, 1.82) is 0 Å². The lowest BCUT2D eigenvalue weighted by atomic mass is 9.79. The Kier molecular flexibility index (Phi) is 1.55. The second-order valence-corrected chi connectivity index (χ2v) is 4.18. The van der Waals surface area contributed by atoms with Gasteiger partial charge in [-0.15, -0.1) is 0 Å². The molecule has 0 aromatic rings. The number of hydrogen-bond acceptors (Lipinski definition) is 0. The Labute approximate surface area is 79.3 Å². The molecule has 0 aromatic carbocycles. The van der Waals surface area contributed by atoms with Crippen LogP contribution in [0.1, 0.15) is 25.7 Å². The van der Waals surface area contributed by atoms with E-state index in [9.17, 15) is 0 Å². The van der Waals surface area contributed by atoms with Crippen molar-refractivity contribution in [2.45, 2.75) is 25.7 Å². The summed E-state index contributed by atoms with van der Waals surface area (Å²) in [6.07, 6.45) is 16.8. The van der Waals surface area contributed by atoms with Crippen molar-refractivity contribution in [3.63, 3.8) is 0 Å². The van der Waals surface area contributed by atoms with Crippen LogP contribution in [-0.2, 0) is 0 Å². The maximum Gasteiger partial charge on any atom is -0.00914 e. The average molecular weight is 170 g/mol. The Hall–Kier alpha value is -1.04. The Morgan fingerprint density at radius 3 is 3.08 bits per heavy atom. The normalized spacial score (nSPS) is 30.2. The van der Waals surface area contributed by atoms with Crippen LogP contribution in [0.3, 0.4) is 0 Å². The average Bonchev–Trinajstić information content (AvgIpc) is 2.61. The van der Waals surface area contributed by atoms with Gasteiger partial charge in [0.05, 0.1) is 0 Å². The lowest BCUT2D eigenvalue weighted by molar-refractivity contribution is 0.554. The molecule has 3 aliphatic carbocycles. The molecule has 0 heteroatoms. The first-order valence-electron chi connectivity index (χ1n) is 5.20. The van der Waals surface area contributed by atoms with E-state index in [2.05, 4.69) is 30.4 Å². The third kappa shape index (κ3) is 1.13. The molecular formula is C13H14. The molecule has 13 heavy (non-hydrogen) atoms. The van der Waals surface area contributed by atoms with Crippen LogP contribution < -0.4 is 0 Å². The summed E-state index contributed by atoms with van der Waals surface area (Å²) >= 11 is 0. The van der Waals surface area contributed by atoms with Crippen LogP contribution in [0.2, 0.25) is 0 Å². The number of rotatable bonds is 0. The quantitative estimate of drug-likeness (QED) is 0.521. The molecule has 0 saturated carbocycles. The summed E-state index contributed by atoms with van der Waals surface area (Å²) in [6.45, 7) is 0. The minimum Gasteiger partial charge on any atom is -0.0842 e. The molecule has 1 atom stereocenters. The summed E-state index contributed by atoms with van der Waals surface area (Å²) in [4.78, 5) is 0. The zero-order valence-electron chi connectivity index (χ0n) is 7.79. The van der Waals surface area contributed by atoms with Crippen LogP contribution in [0.4, 0.5) is 0 Å². The Bertz CT molecular complexity index is 350. The predicted octanol–water partition coefficient (Wildman–Crippen LogP) is 3.54. The first kappa shape index (κ1) is 7.37. The van der Waals surface area contributed by atoms with E-state index < -0.39 is 0 Å². The van der Waals surface area contributed by atoms with Crippen LogP contribution in [-0.4, -0.2) is 0 Å². The van der Waals surface area contributed by atoms with Crippen LogP contribution >= 0.6 is 0 Å². The number of hydrogen-bond donors (Lipinski definition) is 0. The maximum absolute atomic E-state index is 2.42. The minimum atomic E-state index is 0.825. The lowest BCUT2D eigenvalue weighted by Gasteiger charge is -2.26. The molecule has 0 N–H and O–H groups in total. The molecule has 0 spiro atoms. The van der Waals surface area contributed by atoms with E-state index in [1.54, 1.807) is 16.7 Å². The van der Waals surface area contributed by atoms with Crippen LogP contribution in [0.5, 0.6) is 0 Å². The van der Waals surface area contributed by atoms with E-state index >= 15 is 0 Å². The van der Waals surface area contributed by atoms with Crippen molar-refractivity contribution in [3.05, 3.63) is 47.1 Å². The zero-order chi connectivity index (χ0) is 8.67. The third-order valence-electron chi connectivity index (χ3n) is 3.34. The van der Waals surface area contributed by atoms with E-state index in [1.807, 2.05) is 0 Å². The van der Waals surface area contributed by atoms with Crippen molar-refractivity contribution in [2.24, 2.45) is 5.92 Å². The van der Waals surface area contributed by atoms with E-state index in [0.29, 0.717) is 0 Å². The van der Waals surface area contributed by atoms with Crippen molar-refractivity contribution >= 4 is 0 Å². The molecule has 3 aliphatic rings. The van der Waals surface area contributed by atoms with Gasteiger partial charge >= 0.3 is 0 Å². The van der Waals surface area contributed by atoms with Crippen LogP contribution in [0.25, 0.3) is 0 Å². The number of allylic oxidation sites excluding steroid dienone is 8. The van der Waals surface area contributed by atoms with Gasteiger partial charge < -0.3 is 0 Å². The molecule has 3 rings (SSSR count). The van der Waals surface area contributed by atoms with Gasteiger partial charge in [-0.05, 0) is 48.3 Å². The Balaban J connectivity index is 2.01. The van der Waals surface area contributed by atoms with Gasteiger partial charge in [0.2, 0.25) is 0 Å². The van der Waals surface area contributed by atoms with Crippen LogP contribution in [0, 0.1) is 5.92 Å². The molecule has 0 saturated heterocycles. The summed E-state index contributed by atoms with van der Waals surface area (Å²) in [5, 5.41) is 0. The van der Waals surface area contributed by atoms with Crippen molar-refractivity contribution < 1.29 is 0 Å². The topological polar surface area (TPSA) is 0 Å². The fourth-order valence-corrected chi connectivity index (χ4v) is 2.59. The Morgan fingerprint density at radius 1 is 1.08 bits per heavy atom. The first-order chi connectivity index (χ1) is 6.43. The van der Waals surface area contributed by atoms with Crippen molar-refractivity contribution in [1.82, 2.24) is 0 Å². The lowest BCUT2D eigenvalue weighted by Crippen LogP contribution is -2.11. The van der Waals surface area contributed by atoms with Gasteiger partial charge in [0.1, 0.15) is 0 Å². The Morgan fingerprint density at radius 2 is 2.08 bits per heavy atom. The molecule has 0 aliphatic heterocycles. The van der Waals surface area contributed by atoms with Gasteiger partial charge in [0.15, 0.2) is 0 Å². The molecule has 0 amide bonds. The molecule has 0 radical (unpaired) electrons. The first-order valence-corrected chi connectivity index (χ1v) is 5.20. The minimum absolute atomic E-state index is 0.825. The highest BCUT2D eigenvalue weighted by molar-refractivity contribution is 5.48. The van der Waals surface area contributed by atoms with E-state index in [-0.39, 0.29) is 0 Å². The standard InChI is InChI=1S/C13H14/c1-2-5-11-9-13-7-3-6-12(13)8-10(11)4-1/h1,3-4,7-8,11H,2,5-6,9H2. The summed E-state index contributed by atoms with van der Waals surface area (Å²) < 4.78 is 0. The number of fused-ring (bicyclic) bond motifs is 1. The highest BCUT2D eigenvalue weighted by atomic mass is 14.3. The second-order valence-electron chi connectivity index (χ2n) is 4.18. The molecule has 1 unspecified atom stereocenters. The fraction of sp³-hybridized carbons (Fsp3) is 0.385. The highest BCUT2D eigenvalue weighted by Gasteiger charge is 2.23. The third-order valence-corrected chi connectivity index (χ3v) is 3.34. The fourth-order valence-electron chi connectivity index (χ4n) is 2.59. The SMILES string of the molecule is C1=CC2=CC3=C(C=CC3)CC2CC1. The zero-order valence-corrected chi connectivity index (χ0v) is 7.79. The van der Waals surface area contributed by atoms with Crippen molar-refractivity contribution in [2.75, 3.05) is 0 Å². The molecule has 0 bridgehead atoms. The summed E-state index contributed by atoms with van der Waals surface area (Å²) in [5.41, 5.74) is 4.75. The van der Waals surface area contributed by atoms with Gasteiger partial charge in [-0.2, -0.15) is 0 Å². The summed E-state index contributed by atoms with van der Waals surface area (Å²) in [6, 6.07) is 0. The second kappa shape index (κ2) is 2.73. The molecule has 0 fully saturated rings. The summed E-state index contributed by atoms with van der Waals surface area (Å²) in [7, 11) is 0. The van der Waals surface area contributed by atoms with Gasteiger partial charge in [-0.25, -0.2) is 0 Å². The van der Waals surface area contributed by atoms with E-state index in [0.717, 1.165) is 5.92 Å². The van der Waals surface area contributed by atoms with E-state index in [1.165, 1.54) is 25.7 Å². The largest absolute Gasteiger partial charge is 0.0842 e. The molecule has 0 nitrogen and oxygen atoms in total. The van der Waals surface area contributed by atoms with Gasteiger partial charge in [0, 0.05) is 0 Å². The van der Waals surface area contributed by atoms with Gasteiger partial charge in [-0.1, -0.05) is 30.4 Å². The molecule has 0 aromatic heterocycles. The van der Waals surface area contributed by atoms with Gasteiger partial charge in [0.25, 0.3) is 0 Å². The smallest absolute Gasteiger partial charge is 0.00914 e. The van der Waals surface area contributed by atoms with Crippen molar-refractivity contribution in [3.8, 4) is 0 Å². The predicted molar refractivity (Wildman–Crippen MR) is 55.3 cm³/mol. The van der Waals surface area contributed by atoms with Crippen LogP contribution in [0.15, 0.2) is 47.1 Å². The highest BCUT2D eigenvalue weighted by Crippen LogP contribution is 2.39. The maximum atomic E-state index is 2.42.